The summed E-state index contributed by atoms with van der Waals surface area (Å²) in [6.45, 7) is 3.57. The molecule has 1 aliphatic carbocycles. The molecule has 0 aromatic heterocycles. The van der Waals surface area contributed by atoms with Gasteiger partial charge in [-0.2, -0.15) is 0 Å². The summed E-state index contributed by atoms with van der Waals surface area (Å²) in [6, 6.07) is 53.3. The first-order chi connectivity index (χ1) is 37.6. The summed E-state index contributed by atoms with van der Waals surface area (Å²) in [5.41, 5.74) is 10.4. The van der Waals surface area contributed by atoms with Crippen molar-refractivity contribution >= 4 is 68.4 Å². The summed E-state index contributed by atoms with van der Waals surface area (Å²) in [7, 11) is 0. The van der Waals surface area contributed by atoms with Gasteiger partial charge in [0.25, 0.3) is 11.8 Å². The first-order valence-electron chi connectivity index (χ1n) is 27.5. The maximum absolute atomic E-state index is 14.2. The van der Waals surface area contributed by atoms with Crippen molar-refractivity contribution in [2.75, 3.05) is 39.3 Å². The van der Waals surface area contributed by atoms with Crippen LogP contribution >= 0.6 is 23.2 Å². The van der Waals surface area contributed by atoms with E-state index in [0.29, 0.717) is 85.7 Å². The second-order valence-corrected chi connectivity index (χ2v) is 21.8. The summed E-state index contributed by atoms with van der Waals surface area (Å²) in [6.07, 6.45) is 9.08. The maximum Gasteiger partial charge on any atom is 0.251 e. The molecule has 0 radical (unpaired) electrons. The van der Waals surface area contributed by atoms with E-state index in [2.05, 4.69) is 80.8 Å². The normalized spacial score (nSPS) is 19.3. The Morgan fingerprint density at radius 3 is 1.57 bits per heavy atom. The van der Waals surface area contributed by atoms with Gasteiger partial charge in [-0.3, -0.25) is 19.2 Å². The molecule has 0 bridgehead atoms. The number of carbonyl (C=O) groups excluding carboxylic acids is 4. The number of amides is 4. The van der Waals surface area contributed by atoms with Crippen LogP contribution < -0.4 is 27.0 Å². The van der Waals surface area contributed by atoms with Crippen molar-refractivity contribution in [3.05, 3.63) is 202 Å². The van der Waals surface area contributed by atoms with Crippen molar-refractivity contribution in [2.45, 2.75) is 94.4 Å². The molecule has 6 N–H and O–H groups in total. The minimum absolute atomic E-state index is 0.00935. The molecular weight excluding hydrogens is 1000 g/mol. The number of fused-ring (bicyclic) bond motifs is 2. The van der Waals surface area contributed by atoms with Gasteiger partial charge in [0.05, 0.1) is 12.1 Å². The van der Waals surface area contributed by atoms with E-state index in [0.717, 1.165) is 39.9 Å². The fourth-order valence-electron chi connectivity index (χ4n) is 11.3. The molecule has 7 aromatic rings. The SMILES string of the molecule is NCC[C@@H]1N[C@H](CNC(=O)c2ccc3ccccc3c2)CCN(Cc2cc(Cl)cc(Cl)c2)C1=O.O=C(NC[C@@H]1CCN(CC(c2ccccc2)c2ccccc2)C(=O)[C@H](CC2CCCCC2)N1)c1ccc2ccccc2c1. The van der Waals surface area contributed by atoms with Crippen molar-refractivity contribution in [1.29, 1.82) is 0 Å². The zero-order valence-corrected chi connectivity index (χ0v) is 45.2. The first kappa shape index (κ1) is 55.2. The molecule has 11 nitrogen and oxygen atoms in total. The van der Waals surface area contributed by atoms with Crippen LogP contribution in [-0.2, 0) is 16.1 Å². The number of nitrogens with two attached hydrogens (primary N) is 1. The predicted octanol–water partition coefficient (Wildman–Crippen LogP) is 10.9. The van der Waals surface area contributed by atoms with Crippen LogP contribution in [0.4, 0.5) is 0 Å². The highest BCUT2D eigenvalue weighted by molar-refractivity contribution is 6.34. The quantitative estimate of drug-likeness (QED) is 0.0647. The summed E-state index contributed by atoms with van der Waals surface area (Å²) < 4.78 is 0. The summed E-state index contributed by atoms with van der Waals surface area (Å²) >= 11 is 12.3. The Morgan fingerprint density at radius 1 is 0.558 bits per heavy atom. The highest BCUT2D eigenvalue weighted by Crippen LogP contribution is 2.31. The molecule has 1 saturated carbocycles. The van der Waals surface area contributed by atoms with E-state index in [1.807, 2.05) is 103 Å². The maximum atomic E-state index is 14.2. The smallest absolute Gasteiger partial charge is 0.251 e. The van der Waals surface area contributed by atoms with Crippen molar-refractivity contribution in [3.63, 3.8) is 0 Å². The average Bonchev–Trinajstić information content (AvgIpc) is 3.70. The molecule has 2 heterocycles. The second kappa shape index (κ2) is 27.1. The van der Waals surface area contributed by atoms with Gasteiger partial charge in [0.1, 0.15) is 0 Å². The van der Waals surface area contributed by atoms with E-state index < -0.39 is 6.04 Å². The van der Waals surface area contributed by atoms with Crippen LogP contribution in [0.5, 0.6) is 0 Å². The Balaban J connectivity index is 0.000000193. The summed E-state index contributed by atoms with van der Waals surface area (Å²) in [5, 5.41) is 18.7. The van der Waals surface area contributed by atoms with Crippen LogP contribution in [0, 0.1) is 5.92 Å². The Morgan fingerprint density at radius 2 is 1.04 bits per heavy atom. The molecule has 10 rings (SSSR count). The van der Waals surface area contributed by atoms with Crippen LogP contribution in [0.3, 0.4) is 0 Å². The standard InChI is InChI=1S/C38H43N3O2.C26H28Cl2N4O2/c42-37(33-21-20-29-14-10-11-19-32(29)25-33)39-26-34-22-23-41(38(43)36(40-34)24-28-12-4-1-5-13-28)27-35(30-15-6-2-7-16-30)31-17-8-3-9-18-31;27-21-11-17(12-22(28)14-21)16-32-10-8-23(31-24(7-9-29)26(32)34)15-30-25(33)20-6-5-18-3-1-2-4-19(18)13-20/h2-3,6-11,14-21,25,28,34-36,40H,1,4-5,12-13,22-24,26-27H2,(H,39,42);1-6,11-14,23-24,31H,7-10,15-16,29H2,(H,30,33)/t34-,36-;23-,24-/m00/s1. The number of nitrogens with zero attached hydrogens (tertiary/aromatic N) is 2. The summed E-state index contributed by atoms with van der Waals surface area (Å²) in [5.74, 6) is 0.657. The molecule has 2 saturated heterocycles. The Kier molecular flexibility index (Phi) is 19.4. The molecule has 400 valence electrons. The van der Waals surface area contributed by atoms with Crippen molar-refractivity contribution in [2.24, 2.45) is 11.7 Å². The molecule has 7 aromatic carbocycles. The molecule has 4 amide bonds. The third-order valence-electron chi connectivity index (χ3n) is 15.5. The van der Waals surface area contributed by atoms with E-state index in [4.69, 9.17) is 28.9 Å². The lowest BCUT2D eigenvalue weighted by molar-refractivity contribution is -0.134. The number of nitrogens with one attached hydrogen (secondary N) is 4. The van der Waals surface area contributed by atoms with Crippen molar-refractivity contribution in [3.8, 4) is 0 Å². The first-order valence-corrected chi connectivity index (χ1v) is 28.2. The fraction of sp³-hybridized carbons (Fsp3) is 0.344. The van der Waals surface area contributed by atoms with Crippen LogP contribution in [0.25, 0.3) is 21.5 Å². The third-order valence-corrected chi connectivity index (χ3v) is 15.9. The molecule has 2 aliphatic heterocycles. The van der Waals surface area contributed by atoms with E-state index in [1.54, 1.807) is 11.0 Å². The highest BCUT2D eigenvalue weighted by Gasteiger charge is 2.35. The number of benzene rings is 7. The third kappa shape index (κ3) is 15.1. The minimum Gasteiger partial charge on any atom is -0.350 e. The van der Waals surface area contributed by atoms with Crippen molar-refractivity contribution in [1.82, 2.24) is 31.1 Å². The Labute approximate surface area is 463 Å². The molecule has 13 heteroatoms. The molecular formula is C64H71Cl2N7O4. The van der Waals surface area contributed by atoms with Gasteiger partial charge >= 0.3 is 0 Å². The highest BCUT2D eigenvalue weighted by atomic mass is 35.5. The van der Waals surface area contributed by atoms with Crippen LogP contribution in [-0.4, -0.2) is 96.9 Å². The number of hydrogen-bond donors (Lipinski definition) is 5. The molecule has 3 aliphatic rings. The molecule has 0 spiro atoms. The largest absolute Gasteiger partial charge is 0.350 e. The monoisotopic (exact) mass is 1070 g/mol. The molecule has 77 heavy (non-hydrogen) atoms. The van der Waals surface area contributed by atoms with E-state index in [9.17, 15) is 19.2 Å². The van der Waals surface area contributed by atoms with Gasteiger partial charge in [-0.1, -0.05) is 177 Å². The zero-order valence-electron chi connectivity index (χ0n) is 43.7. The lowest BCUT2D eigenvalue weighted by atomic mass is 9.84. The van der Waals surface area contributed by atoms with Gasteiger partial charge in [-0.15, -0.1) is 0 Å². The van der Waals surface area contributed by atoms with Crippen LogP contribution in [0.15, 0.2) is 164 Å². The molecule has 0 unspecified atom stereocenters. The zero-order chi connectivity index (χ0) is 53.5. The molecule has 3 fully saturated rings. The van der Waals surface area contributed by atoms with Gasteiger partial charge < -0.3 is 36.8 Å². The van der Waals surface area contributed by atoms with Gasteiger partial charge in [0.15, 0.2) is 0 Å². The van der Waals surface area contributed by atoms with Gasteiger partial charge in [0, 0.05) is 78.4 Å². The second-order valence-electron chi connectivity index (χ2n) is 21.0. The Hall–Kier alpha value is -6.60. The number of hydrogen-bond acceptors (Lipinski definition) is 7. The van der Waals surface area contributed by atoms with E-state index in [-0.39, 0.29) is 47.7 Å². The number of carbonyl (C=O) groups is 4. The average molecular weight is 1070 g/mol. The number of rotatable bonds is 16. The topological polar surface area (TPSA) is 149 Å². The van der Waals surface area contributed by atoms with Gasteiger partial charge in [0.2, 0.25) is 11.8 Å². The Bertz CT molecular complexity index is 3040. The van der Waals surface area contributed by atoms with E-state index >= 15 is 0 Å². The van der Waals surface area contributed by atoms with Gasteiger partial charge in [-0.25, -0.2) is 0 Å². The minimum atomic E-state index is -0.412. The lowest BCUT2D eigenvalue weighted by Gasteiger charge is -2.31. The van der Waals surface area contributed by atoms with E-state index in [1.165, 1.54) is 43.2 Å². The predicted molar refractivity (Wildman–Crippen MR) is 311 cm³/mol. The van der Waals surface area contributed by atoms with Crippen molar-refractivity contribution < 1.29 is 19.2 Å². The lowest BCUT2D eigenvalue weighted by Crippen LogP contribution is -2.50. The number of halogens is 2. The van der Waals surface area contributed by atoms with Gasteiger partial charge in [-0.05, 0) is 119 Å². The van der Waals surface area contributed by atoms with Crippen LogP contribution in [0.2, 0.25) is 10.0 Å². The summed E-state index contributed by atoms with van der Waals surface area (Å²) in [4.78, 5) is 57.3. The molecule has 4 atom stereocenters. The fourth-order valence-corrected chi connectivity index (χ4v) is 11.9. The van der Waals surface area contributed by atoms with Crippen LogP contribution in [0.1, 0.15) is 101 Å².